The summed E-state index contributed by atoms with van der Waals surface area (Å²) in [4.78, 5) is 23.3. The maximum Gasteiger partial charge on any atom is 0.336 e. The van der Waals surface area contributed by atoms with Crippen molar-refractivity contribution in [1.82, 2.24) is 10.2 Å². The van der Waals surface area contributed by atoms with Gasteiger partial charge in [0.1, 0.15) is 0 Å². The van der Waals surface area contributed by atoms with E-state index in [1.807, 2.05) is 0 Å². The summed E-state index contributed by atoms with van der Waals surface area (Å²) < 4.78 is 0. The number of carbonyl (C=O) groups is 2. The van der Waals surface area contributed by atoms with E-state index in [-0.39, 0.29) is 11.5 Å². The number of aromatic amines is 1. The second kappa shape index (κ2) is 5.16. The molecule has 0 spiro atoms. The van der Waals surface area contributed by atoms with Crippen LogP contribution >= 0.6 is 0 Å². The molecule has 1 heterocycles. The van der Waals surface area contributed by atoms with E-state index in [2.05, 4.69) is 15.5 Å². The Bertz CT molecular complexity index is 669. The Morgan fingerprint density at radius 1 is 1.25 bits per heavy atom. The Labute approximate surface area is 115 Å². The highest BCUT2D eigenvalue weighted by molar-refractivity contribution is 6.06. The van der Waals surface area contributed by atoms with Crippen LogP contribution in [0.1, 0.15) is 37.7 Å². The molecule has 0 aliphatic rings. The second-order valence-corrected chi connectivity index (χ2v) is 4.55. The molecule has 0 unspecified atom stereocenters. The number of aromatic carboxylic acids is 1. The van der Waals surface area contributed by atoms with Crippen LogP contribution in [0.25, 0.3) is 0 Å². The van der Waals surface area contributed by atoms with Crippen molar-refractivity contribution in [2.24, 2.45) is 0 Å². The van der Waals surface area contributed by atoms with Crippen molar-refractivity contribution in [3.63, 3.8) is 0 Å². The molecule has 1 aromatic carbocycles. The molecule has 0 aliphatic carbocycles. The number of hydrogen-bond donors (Lipinski definition) is 3. The Morgan fingerprint density at radius 3 is 2.50 bits per heavy atom. The van der Waals surface area contributed by atoms with Crippen molar-refractivity contribution < 1.29 is 14.7 Å². The summed E-state index contributed by atoms with van der Waals surface area (Å²) >= 11 is 0. The summed E-state index contributed by atoms with van der Waals surface area (Å²) in [5.41, 5.74) is 2.93. The summed E-state index contributed by atoms with van der Waals surface area (Å²) in [6.07, 6.45) is 0. The highest BCUT2D eigenvalue weighted by Gasteiger charge is 2.17. The van der Waals surface area contributed by atoms with Crippen molar-refractivity contribution in [3.05, 3.63) is 46.3 Å². The fourth-order valence-corrected chi connectivity index (χ4v) is 2.07. The average Bonchev–Trinajstić information content (AvgIpc) is 2.71. The van der Waals surface area contributed by atoms with Crippen molar-refractivity contribution in [2.45, 2.75) is 20.8 Å². The molecule has 2 aromatic rings. The number of nitrogens with one attached hydrogen (secondary N) is 2. The fraction of sp³-hybridized carbons (Fsp3) is 0.214. The van der Waals surface area contributed by atoms with E-state index in [4.69, 9.17) is 5.11 Å². The van der Waals surface area contributed by atoms with Gasteiger partial charge in [-0.3, -0.25) is 9.89 Å². The lowest BCUT2D eigenvalue weighted by atomic mass is 10.1. The third-order valence-corrected chi connectivity index (χ3v) is 3.17. The van der Waals surface area contributed by atoms with E-state index in [0.717, 1.165) is 0 Å². The minimum Gasteiger partial charge on any atom is -0.478 e. The molecule has 2 rings (SSSR count). The molecular formula is C14H15N3O3. The molecule has 0 bridgehead atoms. The van der Waals surface area contributed by atoms with Crippen molar-refractivity contribution in [2.75, 3.05) is 5.32 Å². The molecule has 0 atom stereocenters. The van der Waals surface area contributed by atoms with Gasteiger partial charge in [0.15, 0.2) is 0 Å². The number of amides is 1. The normalized spacial score (nSPS) is 10.3. The number of carboxylic acid groups (broad SMARTS) is 1. The largest absolute Gasteiger partial charge is 0.478 e. The van der Waals surface area contributed by atoms with Crippen LogP contribution in [0.15, 0.2) is 18.2 Å². The summed E-state index contributed by atoms with van der Waals surface area (Å²) in [6, 6.07) is 4.77. The zero-order valence-electron chi connectivity index (χ0n) is 11.4. The van der Waals surface area contributed by atoms with E-state index in [0.29, 0.717) is 28.2 Å². The lowest BCUT2D eigenvalue weighted by molar-refractivity contribution is 0.0695. The van der Waals surface area contributed by atoms with E-state index in [9.17, 15) is 9.59 Å². The Morgan fingerprint density at radius 2 is 1.95 bits per heavy atom. The Hall–Kier alpha value is -2.63. The van der Waals surface area contributed by atoms with Crippen LogP contribution in [0.2, 0.25) is 0 Å². The minimum atomic E-state index is -1.02. The summed E-state index contributed by atoms with van der Waals surface area (Å²) in [7, 11) is 0. The highest BCUT2D eigenvalue weighted by Crippen LogP contribution is 2.20. The molecule has 0 fully saturated rings. The molecule has 6 heteroatoms. The maximum atomic E-state index is 12.2. The summed E-state index contributed by atoms with van der Waals surface area (Å²) in [6.45, 7) is 5.16. The predicted molar refractivity (Wildman–Crippen MR) is 74.2 cm³/mol. The van der Waals surface area contributed by atoms with Crippen LogP contribution in [0.3, 0.4) is 0 Å². The van der Waals surface area contributed by atoms with Gasteiger partial charge in [0.05, 0.1) is 16.8 Å². The van der Waals surface area contributed by atoms with E-state index < -0.39 is 5.97 Å². The molecule has 1 aromatic heterocycles. The van der Waals surface area contributed by atoms with Crippen LogP contribution in [-0.2, 0) is 0 Å². The number of hydrogen-bond acceptors (Lipinski definition) is 3. The predicted octanol–water partition coefficient (Wildman–Crippen LogP) is 2.29. The molecule has 1 amide bonds. The lowest BCUT2D eigenvalue weighted by Crippen LogP contribution is -2.15. The van der Waals surface area contributed by atoms with Gasteiger partial charge >= 0.3 is 5.97 Å². The van der Waals surface area contributed by atoms with E-state index in [1.165, 1.54) is 6.07 Å². The van der Waals surface area contributed by atoms with Gasteiger partial charge in [0, 0.05) is 11.4 Å². The van der Waals surface area contributed by atoms with Gasteiger partial charge in [0.2, 0.25) is 0 Å². The Kier molecular flexibility index (Phi) is 3.56. The third kappa shape index (κ3) is 2.40. The van der Waals surface area contributed by atoms with Gasteiger partial charge in [-0.2, -0.15) is 5.10 Å². The maximum absolute atomic E-state index is 12.2. The number of carbonyl (C=O) groups excluding carboxylic acids is 1. The molecule has 0 saturated heterocycles. The number of benzene rings is 1. The molecular weight excluding hydrogens is 258 g/mol. The zero-order chi connectivity index (χ0) is 14.9. The number of H-pyrrole nitrogens is 1. The van der Waals surface area contributed by atoms with Crippen LogP contribution in [0, 0.1) is 20.8 Å². The first-order valence-corrected chi connectivity index (χ1v) is 6.07. The standard InChI is InChI=1S/C14H15N3O3/c1-7-10(14(19)20)5-4-6-11(7)15-13(18)12-8(2)16-17-9(12)3/h4-6H,1-3H3,(H,15,18)(H,16,17)(H,19,20). The Balaban J connectivity index is 2.34. The first-order valence-electron chi connectivity index (χ1n) is 6.07. The third-order valence-electron chi connectivity index (χ3n) is 3.17. The molecule has 3 N–H and O–H groups in total. The molecule has 20 heavy (non-hydrogen) atoms. The number of aromatic nitrogens is 2. The van der Waals surface area contributed by atoms with Crippen molar-refractivity contribution >= 4 is 17.6 Å². The van der Waals surface area contributed by atoms with Crippen LogP contribution in [-0.4, -0.2) is 27.2 Å². The molecule has 0 saturated carbocycles. The topological polar surface area (TPSA) is 95.1 Å². The molecule has 6 nitrogen and oxygen atoms in total. The smallest absolute Gasteiger partial charge is 0.336 e. The molecule has 0 aliphatic heterocycles. The highest BCUT2D eigenvalue weighted by atomic mass is 16.4. The average molecular weight is 273 g/mol. The number of aryl methyl sites for hydroxylation is 2. The van der Waals surface area contributed by atoms with Gasteiger partial charge in [-0.25, -0.2) is 4.79 Å². The van der Waals surface area contributed by atoms with Gasteiger partial charge in [-0.1, -0.05) is 6.07 Å². The molecule has 0 radical (unpaired) electrons. The quantitative estimate of drug-likeness (QED) is 0.799. The minimum absolute atomic E-state index is 0.170. The van der Waals surface area contributed by atoms with E-state index in [1.54, 1.807) is 32.9 Å². The second-order valence-electron chi connectivity index (χ2n) is 4.55. The van der Waals surface area contributed by atoms with Gasteiger partial charge < -0.3 is 10.4 Å². The van der Waals surface area contributed by atoms with Crippen LogP contribution in [0.5, 0.6) is 0 Å². The van der Waals surface area contributed by atoms with Crippen LogP contribution < -0.4 is 5.32 Å². The van der Waals surface area contributed by atoms with Gasteiger partial charge in [-0.15, -0.1) is 0 Å². The van der Waals surface area contributed by atoms with Gasteiger partial charge in [-0.05, 0) is 38.5 Å². The summed E-state index contributed by atoms with van der Waals surface area (Å²) in [5.74, 6) is -1.33. The van der Waals surface area contributed by atoms with Crippen molar-refractivity contribution in [3.8, 4) is 0 Å². The summed E-state index contributed by atoms with van der Waals surface area (Å²) in [5, 5.41) is 18.5. The van der Waals surface area contributed by atoms with E-state index >= 15 is 0 Å². The van der Waals surface area contributed by atoms with Gasteiger partial charge in [0.25, 0.3) is 5.91 Å². The first-order chi connectivity index (χ1) is 9.41. The fourth-order valence-electron chi connectivity index (χ4n) is 2.07. The lowest BCUT2D eigenvalue weighted by Gasteiger charge is -2.10. The number of rotatable bonds is 3. The number of carboxylic acids is 1. The van der Waals surface area contributed by atoms with Crippen molar-refractivity contribution in [1.29, 1.82) is 0 Å². The zero-order valence-corrected chi connectivity index (χ0v) is 11.4. The number of anilines is 1. The number of nitrogens with zero attached hydrogens (tertiary/aromatic N) is 1. The molecule has 104 valence electrons. The SMILES string of the molecule is Cc1n[nH]c(C)c1C(=O)Nc1cccc(C(=O)O)c1C. The first kappa shape index (κ1) is 13.8. The van der Waals surface area contributed by atoms with Crippen LogP contribution in [0.4, 0.5) is 5.69 Å². The monoisotopic (exact) mass is 273 g/mol.